The van der Waals surface area contributed by atoms with Crippen molar-refractivity contribution >= 4 is 34.4 Å². The van der Waals surface area contributed by atoms with Gasteiger partial charge >= 0.3 is 0 Å². The maximum absolute atomic E-state index is 9.11. The van der Waals surface area contributed by atoms with Gasteiger partial charge in [0.25, 0.3) is 0 Å². The number of likely N-dealkylation sites (tertiary alicyclic amines) is 1. The summed E-state index contributed by atoms with van der Waals surface area (Å²) in [5.41, 5.74) is 12.6. The quantitative estimate of drug-likeness (QED) is 0.218. The highest BCUT2D eigenvalue weighted by Crippen LogP contribution is 2.33. The number of pyridine rings is 2. The number of rotatable bonds is 7. The molecule has 0 aliphatic carbocycles. The molecular weight excluding hydrogens is 584 g/mol. The number of hydrogen-bond acceptors (Lipinski definition) is 9. The normalized spacial score (nSPS) is 14.0. The molecule has 0 radical (unpaired) electrons. The molecule has 0 saturated carbocycles. The number of nitrogens with two attached hydrogens (primary N) is 1. The number of nitriles is 1. The standard InChI is InChI=1S/C34H29ClN10/c35-28-6-2-1-4-26(28)29-11-12-30-34(42-29)45(33(43-30)27-5-3-15-38-32(27)37)25-9-7-22(8-10-25)20-44-16-13-23(14-17-44)41-31-18-24(19-36)39-21-40-31/h1-12,15,18,21,23H,13-14,16-17,20H2,(H2,37,38)(H,39,40,41). The SMILES string of the molecule is N#Cc1cc(NC2CCN(Cc3ccc(-n4c(-c5cccnc5N)nc5ccc(-c6ccccc6Cl)nc54)cc3)CC2)ncn1. The predicted octanol–water partition coefficient (Wildman–Crippen LogP) is 6.12. The molecule has 0 spiro atoms. The highest BCUT2D eigenvalue weighted by atomic mass is 35.5. The third-order valence-electron chi connectivity index (χ3n) is 8.06. The van der Waals surface area contributed by atoms with Gasteiger partial charge in [-0.15, -0.1) is 0 Å². The molecule has 1 aliphatic rings. The Morgan fingerprint density at radius 1 is 0.911 bits per heavy atom. The van der Waals surface area contributed by atoms with Gasteiger partial charge in [-0.3, -0.25) is 9.47 Å². The molecule has 4 aromatic heterocycles. The van der Waals surface area contributed by atoms with E-state index in [1.807, 2.05) is 53.1 Å². The van der Waals surface area contributed by atoms with Crippen LogP contribution < -0.4 is 11.1 Å². The monoisotopic (exact) mass is 612 g/mol. The molecule has 1 saturated heterocycles. The second-order valence-electron chi connectivity index (χ2n) is 11.0. The molecule has 0 unspecified atom stereocenters. The van der Waals surface area contributed by atoms with Gasteiger partial charge in [0.05, 0.1) is 11.3 Å². The zero-order chi connectivity index (χ0) is 30.8. The molecule has 45 heavy (non-hydrogen) atoms. The van der Waals surface area contributed by atoms with Gasteiger partial charge in [0, 0.05) is 54.2 Å². The van der Waals surface area contributed by atoms with Gasteiger partial charge in [-0.05, 0) is 60.9 Å². The van der Waals surface area contributed by atoms with Gasteiger partial charge in [-0.25, -0.2) is 24.9 Å². The van der Waals surface area contributed by atoms with Crippen molar-refractivity contribution in [1.82, 2.24) is 34.4 Å². The first-order valence-electron chi connectivity index (χ1n) is 14.7. The Kier molecular flexibility index (Phi) is 7.78. The Morgan fingerprint density at radius 3 is 2.49 bits per heavy atom. The summed E-state index contributed by atoms with van der Waals surface area (Å²) in [4.78, 5) is 25.0. The average Bonchev–Trinajstić information content (AvgIpc) is 3.45. The third-order valence-corrected chi connectivity index (χ3v) is 8.39. The van der Waals surface area contributed by atoms with Crippen LogP contribution in [0, 0.1) is 11.3 Å². The van der Waals surface area contributed by atoms with E-state index in [0.29, 0.717) is 39.9 Å². The summed E-state index contributed by atoms with van der Waals surface area (Å²) in [5.74, 6) is 1.77. The number of fused-ring (bicyclic) bond motifs is 1. The van der Waals surface area contributed by atoms with Crippen molar-refractivity contribution in [1.29, 1.82) is 5.26 Å². The van der Waals surface area contributed by atoms with Gasteiger partial charge in [-0.1, -0.05) is 41.9 Å². The van der Waals surface area contributed by atoms with Crippen LogP contribution in [0.3, 0.4) is 0 Å². The van der Waals surface area contributed by atoms with Crippen LogP contribution in [0.5, 0.6) is 0 Å². The van der Waals surface area contributed by atoms with Crippen molar-refractivity contribution in [2.75, 3.05) is 24.1 Å². The number of hydrogen-bond donors (Lipinski definition) is 2. The summed E-state index contributed by atoms with van der Waals surface area (Å²) in [5, 5.41) is 13.2. The molecule has 3 N–H and O–H groups in total. The number of piperidine rings is 1. The van der Waals surface area contributed by atoms with E-state index in [0.717, 1.165) is 60.5 Å². The van der Waals surface area contributed by atoms with Gasteiger partial charge < -0.3 is 11.1 Å². The van der Waals surface area contributed by atoms with Crippen LogP contribution in [0.2, 0.25) is 5.02 Å². The maximum atomic E-state index is 9.11. The van der Waals surface area contributed by atoms with Crippen molar-refractivity contribution in [2.45, 2.75) is 25.4 Å². The fraction of sp³-hybridized carbons (Fsp3) is 0.176. The van der Waals surface area contributed by atoms with Crippen LogP contribution in [-0.4, -0.2) is 53.5 Å². The zero-order valence-electron chi connectivity index (χ0n) is 24.3. The molecule has 7 rings (SSSR count). The average molecular weight is 613 g/mol. The fourth-order valence-corrected chi connectivity index (χ4v) is 5.99. The van der Waals surface area contributed by atoms with Gasteiger partial charge in [0.15, 0.2) is 11.5 Å². The number of aromatic nitrogens is 6. The number of benzene rings is 2. The molecule has 0 amide bonds. The van der Waals surface area contributed by atoms with E-state index in [9.17, 15) is 0 Å². The Hall–Kier alpha value is -5.37. The summed E-state index contributed by atoms with van der Waals surface area (Å²) in [6.07, 6.45) is 5.07. The molecule has 1 fully saturated rings. The van der Waals surface area contributed by atoms with Gasteiger partial charge in [0.1, 0.15) is 35.2 Å². The molecule has 222 valence electrons. The molecule has 1 aliphatic heterocycles. The lowest BCUT2D eigenvalue weighted by Gasteiger charge is -2.32. The fourth-order valence-electron chi connectivity index (χ4n) is 5.76. The molecule has 10 nitrogen and oxygen atoms in total. The second kappa shape index (κ2) is 12.3. The van der Waals surface area contributed by atoms with E-state index in [2.05, 4.69) is 55.5 Å². The van der Waals surface area contributed by atoms with E-state index < -0.39 is 0 Å². The number of nitrogen functional groups attached to an aromatic ring is 1. The number of nitrogens with zero attached hydrogens (tertiary/aromatic N) is 8. The van der Waals surface area contributed by atoms with E-state index in [1.54, 1.807) is 12.3 Å². The van der Waals surface area contributed by atoms with Gasteiger partial charge in [-0.2, -0.15) is 5.26 Å². The summed E-state index contributed by atoms with van der Waals surface area (Å²) in [6, 6.07) is 28.0. The number of anilines is 2. The van der Waals surface area contributed by atoms with Crippen LogP contribution >= 0.6 is 11.6 Å². The van der Waals surface area contributed by atoms with Crippen LogP contribution in [0.25, 0.3) is 39.5 Å². The van der Waals surface area contributed by atoms with Crippen molar-refractivity contribution in [3.63, 3.8) is 0 Å². The number of halogens is 1. The lowest BCUT2D eigenvalue weighted by molar-refractivity contribution is 0.211. The minimum absolute atomic E-state index is 0.307. The Labute approximate surface area is 265 Å². The first-order valence-corrected chi connectivity index (χ1v) is 15.1. The molecular formula is C34H29ClN10. The van der Waals surface area contributed by atoms with Crippen molar-refractivity contribution in [3.05, 3.63) is 108 Å². The largest absolute Gasteiger partial charge is 0.383 e. The zero-order valence-corrected chi connectivity index (χ0v) is 25.1. The number of nitrogens with one attached hydrogen (secondary N) is 1. The van der Waals surface area contributed by atoms with Crippen molar-refractivity contribution < 1.29 is 0 Å². The van der Waals surface area contributed by atoms with Crippen LogP contribution in [0.1, 0.15) is 24.1 Å². The van der Waals surface area contributed by atoms with Gasteiger partial charge in [0.2, 0.25) is 0 Å². The first-order chi connectivity index (χ1) is 22.1. The molecule has 0 bridgehead atoms. The first kappa shape index (κ1) is 28.4. The smallest absolute Gasteiger partial charge is 0.165 e. The lowest BCUT2D eigenvalue weighted by Crippen LogP contribution is -2.38. The minimum atomic E-state index is 0.307. The van der Waals surface area contributed by atoms with Crippen LogP contribution in [-0.2, 0) is 6.54 Å². The summed E-state index contributed by atoms with van der Waals surface area (Å²) in [7, 11) is 0. The third kappa shape index (κ3) is 5.91. The molecule has 11 heteroatoms. The Balaban J connectivity index is 1.14. The molecule has 0 atom stereocenters. The summed E-state index contributed by atoms with van der Waals surface area (Å²) in [6.45, 7) is 2.77. The molecule has 5 heterocycles. The van der Waals surface area contributed by atoms with Crippen LogP contribution in [0.15, 0.2) is 91.4 Å². The van der Waals surface area contributed by atoms with E-state index in [1.165, 1.54) is 11.9 Å². The van der Waals surface area contributed by atoms with E-state index >= 15 is 0 Å². The summed E-state index contributed by atoms with van der Waals surface area (Å²) < 4.78 is 2.04. The Morgan fingerprint density at radius 2 is 1.71 bits per heavy atom. The topological polar surface area (TPSA) is 134 Å². The lowest BCUT2D eigenvalue weighted by atomic mass is 10.0. The maximum Gasteiger partial charge on any atom is 0.165 e. The van der Waals surface area contributed by atoms with E-state index in [-0.39, 0.29) is 0 Å². The van der Waals surface area contributed by atoms with E-state index in [4.69, 9.17) is 32.6 Å². The predicted molar refractivity (Wildman–Crippen MR) is 176 cm³/mol. The minimum Gasteiger partial charge on any atom is -0.383 e. The molecule has 2 aromatic carbocycles. The summed E-state index contributed by atoms with van der Waals surface area (Å²) >= 11 is 6.53. The highest BCUT2D eigenvalue weighted by molar-refractivity contribution is 6.33. The van der Waals surface area contributed by atoms with Crippen molar-refractivity contribution in [3.8, 4) is 34.4 Å². The van der Waals surface area contributed by atoms with Crippen LogP contribution in [0.4, 0.5) is 11.6 Å². The molecule has 6 aromatic rings. The number of imidazole rings is 1. The Bertz CT molecular complexity index is 2020. The van der Waals surface area contributed by atoms with Crippen molar-refractivity contribution in [2.24, 2.45) is 0 Å². The highest BCUT2D eigenvalue weighted by Gasteiger charge is 2.21. The second-order valence-corrected chi connectivity index (χ2v) is 11.4.